The van der Waals surface area contributed by atoms with E-state index in [2.05, 4.69) is 38.0 Å². The molecule has 7 nitrogen and oxygen atoms in total. The molecule has 174 valence electrons. The Balaban J connectivity index is 0.00000341. The Bertz CT molecular complexity index is 703. The maximum Gasteiger partial charge on any atom is 0.221 e. The van der Waals surface area contributed by atoms with E-state index < -0.39 is 0 Å². The molecular formula is C23H38IN5O2. The van der Waals surface area contributed by atoms with E-state index in [0.717, 1.165) is 44.2 Å². The fourth-order valence-corrected chi connectivity index (χ4v) is 4.44. The van der Waals surface area contributed by atoms with Crippen LogP contribution in [0.2, 0.25) is 0 Å². The molecule has 1 unspecified atom stereocenters. The molecule has 0 bridgehead atoms. The zero-order valence-corrected chi connectivity index (χ0v) is 21.2. The number of hydrogen-bond donors (Lipinski definition) is 3. The highest BCUT2D eigenvalue weighted by atomic mass is 127. The Hall–Kier alpha value is -1.55. The van der Waals surface area contributed by atoms with E-state index in [1.165, 1.54) is 31.2 Å². The SMILES string of the molecule is CN=C(NCCC(=O)NC1CCCC1)NCC(c1cccc(OC)c1)N1CCCC1.I. The van der Waals surface area contributed by atoms with Gasteiger partial charge < -0.3 is 20.7 Å². The van der Waals surface area contributed by atoms with Crippen LogP contribution < -0.4 is 20.7 Å². The van der Waals surface area contributed by atoms with Gasteiger partial charge in [-0.15, -0.1) is 24.0 Å². The smallest absolute Gasteiger partial charge is 0.221 e. The number of carbonyl (C=O) groups is 1. The number of nitrogens with zero attached hydrogens (tertiary/aromatic N) is 2. The largest absolute Gasteiger partial charge is 0.497 e. The summed E-state index contributed by atoms with van der Waals surface area (Å²) in [6, 6.07) is 8.94. The van der Waals surface area contributed by atoms with E-state index in [1.807, 2.05) is 12.1 Å². The van der Waals surface area contributed by atoms with E-state index in [4.69, 9.17) is 4.74 Å². The number of likely N-dealkylation sites (tertiary alicyclic amines) is 1. The van der Waals surface area contributed by atoms with E-state index in [0.29, 0.717) is 19.0 Å². The number of methoxy groups -OCH3 is 1. The van der Waals surface area contributed by atoms with Crippen LogP contribution in [0.25, 0.3) is 0 Å². The first-order chi connectivity index (χ1) is 14.7. The molecule has 1 aromatic rings. The molecule has 8 heteroatoms. The fourth-order valence-electron chi connectivity index (χ4n) is 4.44. The molecule has 1 saturated heterocycles. The van der Waals surface area contributed by atoms with Gasteiger partial charge in [-0.1, -0.05) is 25.0 Å². The van der Waals surface area contributed by atoms with Crippen molar-refractivity contribution >= 4 is 35.8 Å². The molecule has 1 saturated carbocycles. The lowest BCUT2D eigenvalue weighted by Gasteiger charge is -2.29. The van der Waals surface area contributed by atoms with E-state index in [-0.39, 0.29) is 35.9 Å². The predicted molar refractivity (Wildman–Crippen MR) is 136 cm³/mol. The molecule has 0 aromatic heterocycles. The second-order valence-electron chi connectivity index (χ2n) is 8.21. The van der Waals surface area contributed by atoms with Crippen LogP contribution in [0.3, 0.4) is 0 Å². The second-order valence-corrected chi connectivity index (χ2v) is 8.21. The Morgan fingerprint density at radius 2 is 1.94 bits per heavy atom. The molecule has 31 heavy (non-hydrogen) atoms. The van der Waals surface area contributed by atoms with Gasteiger partial charge in [0.25, 0.3) is 0 Å². The van der Waals surface area contributed by atoms with Crippen LogP contribution in [0.15, 0.2) is 29.3 Å². The van der Waals surface area contributed by atoms with Crippen LogP contribution in [-0.4, -0.2) is 63.1 Å². The van der Waals surface area contributed by atoms with Crippen LogP contribution in [-0.2, 0) is 4.79 Å². The number of ether oxygens (including phenoxy) is 1. The minimum atomic E-state index is 0. The highest BCUT2D eigenvalue weighted by Gasteiger charge is 2.24. The topological polar surface area (TPSA) is 78.0 Å². The molecular weight excluding hydrogens is 505 g/mol. The Kier molecular flexibility index (Phi) is 11.4. The van der Waals surface area contributed by atoms with Crippen molar-refractivity contribution in [3.63, 3.8) is 0 Å². The third-order valence-corrected chi connectivity index (χ3v) is 6.11. The minimum Gasteiger partial charge on any atom is -0.497 e. The van der Waals surface area contributed by atoms with Gasteiger partial charge in [0.1, 0.15) is 5.75 Å². The summed E-state index contributed by atoms with van der Waals surface area (Å²) in [5.74, 6) is 1.74. The number of carbonyl (C=O) groups excluding carboxylic acids is 1. The first-order valence-electron chi connectivity index (χ1n) is 11.3. The maximum atomic E-state index is 12.1. The summed E-state index contributed by atoms with van der Waals surface area (Å²) in [6.45, 7) is 3.54. The van der Waals surface area contributed by atoms with Crippen molar-refractivity contribution in [2.75, 3.05) is 40.3 Å². The van der Waals surface area contributed by atoms with Crippen LogP contribution in [0, 0.1) is 0 Å². The van der Waals surface area contributed by atoms with Gasteiger partial charge in [0.15, 0.2) is 5.96 Å². The third-order valence-electron chi connectivity index (χ3n) is 6.11. The van der Waals surface area contributed by atoms with Crippen molar-refractivity contribution in [2.24, 2.45) is 4.99 Å². The average molecular weight is 543 g/mol. The van der Waals surface area contributed by atoms with E-state index in [9.17, 15) is 4.79 Å². The Morgan fingerprint density at radius 3 is 2.61 bits per heavy atom. The maximum absolute atomic E-state index is 12.1. The summed E-state index contributed by atoms with van der Waals surface area (Å²) >= 11 is 0. The zero-order valence-electron chi connectivity index (χ0n) is 18.9. The number of hydrogen-bond acceptors (Lipinski definition) is 4. The number of aliphatic imine (C=N–C) groups is 1. The van der Waals surface area contributed by atoms with Crippen LogP contribution in [0.5, 0.6) is 5.75 Å². The Morgan fingerprint density at radius 1 is 1.19 bits per heavy atom. The van der Waals surface area contributed by atoms with Crippen molar-refractivity contribution < 1.29 is 9.53 Å². The first kappa shape index (κ1) is 25.7. The molecule has 0 radical (unpaired) electrons. The van der Waals surface area contributed by atoms with Crippen molar-refractivity contribution in [3.8, 4) is 5.75 Å². The molecule has 1 aliphatic heterocycles. The summed E-state index contributed by atoms with van der Waals surface area (Å²) in [6.07, 6.45) is 7.63. The van der Waals surface area contributed by atoms with Crippen LogP contribution in [0.1, 0.15) is 56.6 Å². The molecule has 1 heterocycles. The standard InChI is InChI=1S/C23H37N5O2.HI/c1-24-23(25-13-12-22(29)27-19-9-3-4-10-19)26-17-21(28-14-5-6-15-28)18-8-7-11-20(16-18)30-2;/h7-8,11,16,19,21H,3-6,9-10,12-15,17H2,1-2H3,(H,27,29)(H2,24,25,26);1H. The van der Waals surface area contributed by atoms with E-state index in [1.54, 1.807) is 14.2 Å². The molecule has 2 aliphatic rings. The third kappa shape index (κ3) is 8.14. The Labute approximate surface area is 203 Å². The molecule has 2 fully saturated rings. The van der Waals surface area contributed by atoms with Crippen molar-refractivity contribution in [2.45, 2.75) is 57.0 Å². The van der Waals surface area contributed by atoms with Gasteiger partial charge >= 0.3 is 0 Å². The monoisotopic (exact) mass is 543 g/mol. The van der Waals surface area contributed by atoms with Gasteiger partial charge in [0.05, 0.1) is 13.2 Å². The quantitative estimate of drug-likeness (QED) is 0.254. The lowest BCUT2D eigenvalue weighted by molar-refractivity contribution is -0.121. The molecule has 3 N–H and O–H groups in total. The molecule has 1 amide bonds. The molecule has 1 aromatic carbocycles. The average Bonchev–Trinajstić information content (AvgIpc) is 3.47. The fraction of sp³-hybridized carbons (Fsp3) is 0.652. The number of amides is 1. The summed E-state index contributed by atoms with van der Waals surface area (Å²) in [7, 11) is 3.47. The van der Waals surface area contributed by atoms with Gasteiger partial charge in [-0.3, -0.25) is 14.7 Å². The predicted octanol–water partition coefficient (Wildman–Crippen LogP) is 3.06. The van der Waals surface area contributed by atoms with E-state index >= 15 is 0 Å². The van der Waals surface area contributed by atoms with Gasteiger partial charge in [-0.2, -0.15) is 0 Å². The van der Waals surface area contributed by atoms with Gasteiger partial charge in [-0.05, 0) is 56.5 Å². The number of halogens is 1. The summed E-state index contributed by atoms with van der Waals surface area (Å²) in [5.41, 5.74) is 1.25. The van der Waals surface area contributed by atoms with Crippen molar-refractivity contribution in [3.05, 3.63) is 29.8 Å². The lowest BCUT2D eigenvalue weighted by Crippen LogP contribution is -2.44. The first-order valence-corrected chi connectivity index (χ1v) is 11.3. The normalized spacial score (nSPS) is 18.3. The van der Waals surface area contributed by atoms with Crippen LogP contribution in [0.4, 0.5) is 0 Å². The van der Waals surface area contributed by atoms with Crippen LogP contribution >= 0.6 is 24.0 Å². The minimum absolute atomic E-state index is 0. The molecule has 3 rings (SSSR count). The van der Waals surface area contributed by atoms with Crippen molar-refractivity contribution in [1.29, 1.82) is 0 Å². The number of nitrogens with one attached hydrogen (secondary N) is 3. The van der Waals surface area contributed by atoms with Gasteiger partial charge in [0.2, 0.25) is 5.91 Å². The van der Waals surface area contributed by atoms with Gasteiger partial charge in [-0.25, -0.2) is 0 Å². The number of benzene rings is 1. The summed E-state index contributed by atoms with van der Waals surface area (Å²) < 4.78 is 5.42. The number of rotatable bonds is 9. The molecule has 1 aliphatic carbocycles. The zero-order chi connectivity index (χ0) is 21.2. The molecule has 0 spiro atoms. The highest BCUT2D eigenvalue weighted by Crippen LogP contribution is 2.27. The van der Waals surface area contributed by atoms with Crippen molar-refractivity contribution in [1.82, 2.24) is 20.9 Å². The summed E-state index contributed by atoms with van der Waals surface area (Å²) in [4.78, 5) is 19.0. The lowest BCUT2D eigenvalue weighted by atomic mass is 10.1. The van der Waals surface area contributed by atoms with Gasteiger partial charge in [0, 0.05) is 32.6 Å². The highest BCUT2D eigenvalue weighted by molar-refractivity contribution is 14.0. The second kappa shape index (κ2) is 13.8. The summed E-state index contributed by atoms with van der Waals surface area (Å²) in [5, 5.41) is 9.87. The number of guanidine groups is 1. The molecule has 1 atom stereocenters.